The number of hydrogen-bond donors (Lipinski definition) is 2. The van der Waals surface area contributed by atoms with Crippen LogP contribution >= 0.6 is 0 Å². The minimum Gasteiger partial charge on any atom is -0.479 e. The van der Waals surface area contributed by atoms with E-state index in [0.29, 0.717) is 22.5 Å². The lowest BCUT2D eigenvalue weighted by molar-refractivity contribution is 0.220. The SMILES string of the molecule is COc1ncc(C(O)c2c[nH]c3ncc(-c4c(C)noc4C)cc23)cc1F. The minimum absolute atomic E-state index is 0.118. The molecule has 7 nitrogen and oxygen atoms in total. The van der Waals surface area contributed by atoms with Crippen LogP contribution < -0.4 is 4.74 Å². The van der Waals surface area contributed by atoms with Gasteiger partial charge in [-0.25, -0.2) is 14.4 Å². The Morgan fingerprint density at radius 2 is 2.04 bits per heavy atom. The number of nitrogens with zero attached hydrogens (tertiary/aromatic N) is 3. The van der Waals surface area contributed by atoms with E-state index >= 15 is 0 Å². The summed E-state index contributed by atoms with van der Waals surface area (Å²) in [6.45, 7) is 3.69. The molecular weight excluding hydrogens is 351 g/mol. The van der Waals surface area contributed by atoms with Crippen molar-refractivity contribution in [2.24, 2.45) is 0 Å². The number of aryl methyl sites for hydroxylation is 2. The van der Waals surface area contributed by atoms with Crippen LogP contribution in [0.25, 0.3) is 22.2 Å². The smallest absolute Gasteiger partial charge is 0.250 e. The van der Waals surface area contributed by atoms with Crippen molar-refractivity contribution >= 4 is 11.0 Å². The largest absolute Gasteiger partial charge is 0.479 e. The highest BCUT2D eigenvalue weighted by Gasteiger charge is 2.20. The van der Waals surface area contributed by atoms with E-state index in [9.17, 15) is 9.50 Å². The first-order valence-corrected chi connectivity index (χ1v) is 8.27. The number of rotatable bonds is 4. The number of aromatic nitrogens is 4. The number of aliphatic hydroxyl groups excluding tert-OH is 1. The second kappa shape index (κ2) is 6.48. The first-order valence-electron chi connectivity index (χ1n) is 8.27. The highest BCUT2D eigenvalue weighted by Crippen LogP contribution is 2.33. The number of halogens is 1. The summed E-state index contributed by atoms with van der Waals surface area (Å²) >= 11 is 0. The molecule has 8 heteroatoms. The second-order valence-electron chi connectivity index (χ2n) is 6.23. The van der Waals surface area contributed by atoms with Crippen LogP contribution in [0.1, 0.15) is 28.7 Å². The van der Waals surface area contributed by atoms with Gasteiger partial charge in [0.15, 0.2) is 5.82 Å². The van der Waals surface area contributed by atoms with Gasteiger partial charge in [0.25, 0.3) is 0 Å². The van der Waals surface area contributed by atoms with Crippen LogP contribution in [0.3, 0.4) is 0 Å². The van der Waals surface area contributed by atoms with Crippen LogP contribution in [0.2, 0.25) is 0 Å². The Bertz CT molecular complexity index is 1120. The van der Waals surface area contributed by atoms with Crippen molar-refractivity contribution in [2.75, 3.05) is 7.11 Å². The zero-order chi connectivity index (χ0) is 19.1. The van der Waals surface area contributed by atoms with Crippen LogP contribution in [0.5, 0.6) is 5.88 Å². The predicted molar refractivity (Wildman–Crippen MR) is 95.9 cm³/mol. The maximum absolute atomic E-state index is 14.0. The molecule has 4 aromatic heterocycles. The molecule has 2 N–H and O–H groups in total. The van der Waals surface area contributed by atoms with Gasteiger partial charge in [-0.2, -0.15) is 0 Å². The maximum atomic E-state index is 14.0. The average molecular weight is 368 g/mol. The van der Waals surface area contributed by atoms with Crippen molar-refractivity contribution in [3.63, 3.8) is 0 Å². The van der Waals surface area contributed by atoms with Crippen LogP contribution in [0.15, 0.2) is 35.2 Å². The summed E-state index contributed by atoms with van der Waals surface area (Å²) in [7, 11) is 1.34. The molecule has 0 aliphatic heterocycles. The Labute approximate surface area is 153 Å². The summed E-state index contributed by atoms with van der Waals surface area (Å²) in [5.41, 5.74) is 3.94. The molecule has 1 unspecified atom stereocenters. The maximum Gasteiger partial charge on any atom is 0.250 e. The molecule has 27 heavy (non-hydrogen) atoms. The van der Waals surface area contributed by atoms with Crippen LogP contribution in [-0.2, 0) is 0 Å². The van der Waals surface area contributed by atoms with Crippen molar-refractivity contribution in [2.45, 2.75) is 20.0 Å². The molecule has 0 saturated carbocycles. The third-order valence-corrected chi connectivity index (χ3v) is 4.52. The summed E-state index contributed by atoms with van der Waals surface area (Å²) in [6.07, 6.45) is 3.68. The molecule has 0 radical (unpaired) electrons. The zero-order valence-electron chi connectivity index (χ0n) is 14.9. The fourth-order valence-corrected chi connectivity index (χ4v) is 3.20. The van der Waals surface area contributed by atoms with Crippen molar-refractivity contribution in [1.82, 2.24) is 20.1 Å². The number of hydrogen-bond acceptors (Lipinski definition) is 6. The van der Waals surface area contributed by atoms with Gasteiger partial charge in [0.2, 0.25) is 5.88 Å². The fraction of sp³-hybridized carbons (Fsp3) is 0.211. The first kappa shape index (κ1) is 17.2. The van der Waals surface area contributed by atoms with E-state index in [1.807, 2.05) is 19.9 Å². The molecule has 0 amide bonds. The number of aromatic amines is 1. The monoisotopic (exact) mass is 368 g/mol. The van der Waals surface area contributed by atoms with E-state index in [0.717, 1.165) is 22.2 Å². The molecule has 0 saturated heterocycles. The Morgan fingerprint density at radius 1 is 1.22 bits per heavy atom. The van der Waals surface area contributed by atoms with Crippen LogP contribution in [-0.4, -0.2) is 32.3 Å². The quantitative estimate of drug-likeness (QED) is 0.573. The van der Waals surface area contributed by atoms with E-state index in [-0.39, 0.29) is 5.88 Å². The van der Waals surface area contributed by atoms with Crippen molar-refractivity contribution in [1.29, 1.82) is 0 Å². The van der Waals surface area contributed by atoms with Gasteiger partial charge < -0.3 is 19.4 Å². The van der Waals surface area contributed by atoms with Gasteiger partial charge in [0.05, 0.1) is 12.8 Å². The molecule has 4 heterocycles. The first-order chi connectivity index (χ1) is 13.0. The summed E-state index contributed by atoms with van der Waals surface area (Å²) in [5.74, 6) is -0.0663. The number of aliphatic hydroxyl groups is 1. The van der Waals surface area contributed by atoms with Gasteiger partial charge in [-0.1, -0.05) is 5.16 Å². The number of ether oxygens (including phenoxy) is 1. The lowest BCUT2D eigenvalue weighted by Crippen LogP contribution is -2.02. The average Bonchev–Trinajstić information content (AvgIpc) is 3.23. The summed E-state index contributed by atoms with van der Waals surface area (Å²) in [6, 6.07) is 3.11. The third-order valence-electron chi connectivity index (χ3n) is 4.52. The number of H-pyrrole nitrogens is 1. The molecule has 0 fully saturated rings. The number of nitrogens with one attached hydrogen (secondary N) is 1. The summed E-state index contributed by atoms with van der Waals surface area (Å²) in [5, 5.41) is 15.5. The fourth-order valence-electron chi connectivity index (χ4n) is 3.20. The molecule has 0 spiro atoms. The molecule has 0 aliphatic carbocycles. The van der Waals surface area contributed by atoms with E-state index in [2.05, 4.69) is 20.1 Å². The second-order valence-corrected chi connectivity index (χ2v) is 6.23. The van der Waals surface area contributed by atoms with Gasteiger partial charge in [0.1, 0.15) is 17.5 Å². The topological polar surface area (TPSA) is 97.1 Å². The molecular formula is C19H17FN4O3. The molecule has 0 aromatic carbocycles. The van der Waals surface area contributed by atoms with E-state index in [1.165, 1.54) is 19.4 Å². The lowest BCUT2D eigenvalue weighted by Gasteiger charge is -2.11. The third kappa shape index (κ3) is 2.83. The summed E-state index contributed by atoms with van der Waals surface area (Å²) < 4.78 is 24.0. The van der Waals surface area contributed by atoms with Gasteiger partial charge in [-0.15, -0.1) is 0 Å². The number of pyridine rings is 2. The molecule has 1 atom stereocenters. The van der Waals surface area contributed by atoms with Gasteiger partial charge >= 0.3 is 0 Å². The molecule has 4 rings (SSSR count). The van der Waals surface area contributed by atoms with Crippen molar-refractivity contribution < 1.29 is 18.8 Å². The van der Waals surface area contributed by atoms with Gasteiger partial charge in [-0.3, -0.25) is 0 Å². The predicted octanol–water partition coefficient (Wildman–Crippen LogP) is 3.46. The Balaban J connectivity index is 1.80. The Kier molecular flexibility index (Phi) is 4.12. The normalized spacial score (nSPS) is 12.5. The molecule has 138 valence electrons. The van der Waals surface area contributed by atoms with Crippen molar-refractivity contribution in [3.05, 3.63) is 59.1 Å². The minimum atomic E-state index is -1.08. The van der Waals surface area contributed by atoms with E-state index < -0.39 is 11.9 Å². The van der Waals surface area contributed by atoms with Crippen LogP contribution in [0, 0.1) is 19.7 Å². The molecule has 4 aromatic rings. The molecule has 0 bridgehead atoms. The van der Waals surface area contributed by atoms with Gasteiger partial charge in [0, 0.05) is 46.2 Å². The van der Waals surface area contributed by atoms with E-state index in [1.54, 1.807) is 12.4 Å². The van der Waals surface area contributed by atoms with Gasteiger partial charge in [-0.05, 0) is 26.0 Å². The lowest BCUT2D eigenvalue weighted by atomic mass is 10.00. The summed E-state index contributed by atoms with van der Waals surface area (Å²) in [4.78, 5) is 11.3. The Hall–Kier alpha value is -3.26. The highest BCUT2D eigenvalue weighted by atomic mass is 19.1. The molecule has 0 aliphatic rings. The standard InChI is InChI=1S/C19H17FN4O3/c1-9-16(10(2)27-24-9)11-4-13-14(8-22-18(13)21-6-11)17(25)12-5-15(20)19(26-3)23-7-12/h4-8,17,25H,1-3H3,(H,21,22). The van der Waals surface area contributed by atoms with Crippen LogP contribution in [0.4, 0.5) is 4.39 Å². The number of methoxy groups -OCH3 is 1. The zero-order valence-corrected chi connectivity index (χ0v) is 14.9. The number of fused-ring (bicyclic) bond motifs is 1. The highest BCUT2D eigenvalue weighted by molar-refractivity contribution is 5.86. The van der Waals surface area contributed by atoms with E-state index in [4.69, 9.17) is 9.26 Å². The van der Waals surface area contributed by atoms with Crippen molar-refractivity contribution in [3.8, 4) is 17.0 Å². The Morgan fingerprint density at radius 3 is 2.70 bits per heavy atom.